The van der Waals surface area contributed by atoms with Crippen molar-refractivity contribution in [3.05, 3.63) is 0 Å². The molecule has 0 rings (SSSR count). The SMILES string of the molecule is NC(=O)O.[H-].[H-].[Sr+2]. The number of carboxylic acid groups (broad SMARTS) is 1. The molecule has 0 aliphatic carbocycles. The third-order valence-electron chi connectivity index (χ3n) is 0. The third-order valence-corrected chi connectivity index (χ3v) is 0. The molecule has 0 unspecified atom stereocenters. The normalized spacial score (nSPS) is 4.80. The largest absolute Gasteiger partial charge is 2.00 e. The van der Waals surface area contributed by atoms with Crippen LogP contribution in [0.4, 0.5) is 4.79 Å². The monoisotopic (exact) mass is 151 g/mol. The molecule has 0 radical (unpaired) electrons. The van der Waals surface area contributed by atoms with Crippen LogP contribution in [0.3, 0.4) is 0 Å². The van der Waals surface area contributed by atoms with Crippen molar-refractivity contribution in [3.63, 3.8) is 0 Å². The number of carbonyl (C=O) groups is 1. The summed E-state index contributed by atoms with van der Waals surface area (Å²) in [7, 11) is 0. The predicted octanol–water partition coefficient (Wildman–Crippen LogP) is -0.533. The first-order valence-corrected chi connectivity index (χ1v) is 0.716. The van der Waals surface area contributed by atoms with Crippen LogP contribution in [0.2, 0.25) is 0 Å². The van der Waals surface area contributed by atoms with E-state index in [0.717, 1.165) is 0 Å². The van der Waals surface area contributed by atoms with Gasteiger partial charge in [-0.15, -0.1) is 0 Å². The van der Waals surface area contributed by atoms with E-state index in [1.54, 1.807) is 0 Å². The summed E-state index contributed by atoms with van der Waals surface area (Å²) < 4.78 is 0. The quantitative estimate of drug-likeness (QED) is 0.456. The van der Waals surface area contributed by atoms with Crippen molar-refractivity contribution in [1.82, 2.24) is 0 Å². The Morgan fingerprint density at radius 1 is 2.00 bits per heavy atom. The number of nitrogens with two attached hydrogens (primary N) is 1. The summed E-state index contributed by atoms with van der Waals surface area (Å²) >= 11 is 0. The summed E-state index contributed by atoms with van der Waals surface area (Å²) in [4.78, 5) is 8.78. The molecule has 0 saturated carbocycles. The Morgan fingerprint density at radius 2 is 2.00 bits per heavy atom. The van der Waals surface area contributed by atoms with Gasteiger partial charge in [-0.25, -0.2) is 4.79 Å². The average Bonchev–Trinajstić information content (AvgIpc) is 0.811. The Labute approximate surface area is 69.4 Å². The minimum absolute atomic E-state index is 0. The average molecular weight is 151 g/mol. The van der Waals surface area contributed by atoms with Crippen LogP contribution in [0.15, 0.2) is 0 Å². The summed E-state index contributed by atoms with van der Waals surface area (Å²) in [6.07, 6.45) is -1.33. The fraction of sp³-hybridized carbons (Fsp3) is 0. The molecule has 0 aliphatic rings. The van der Waals surface area contributed by atoms with Gasteiger partial charge in [-0.05, 0) is 0 Å². The standard InChI is InChI=1S/CH3NO2.Sr.2H/c2-1(3)4;;;/h2H2,(H,3,4);;;/q;+2;2*-1. The van der Waals surface area contributed by atoms with Crippen LogP contribution in [0.1, 0.15) is 2.85 Å². The van der Waals surface area contributed by atoms with Gasteiger partial charge in [0.25, 0.3) is 0 Å². The smallest absolute Gasteiger partial charge is 1.00 e. The molecular weight excluding hydrogens is 146 g/mol. The third kappa shape index (κ3) is 63.8. The number of hydrogen-bond donors (Lipinski definition) is 2. The van der Waals surface area contributed by atoms with Crippen LogP contribution >= 0.6 is 0 Å². The van der Waals surface area contributed by atoms with Gasteiger partial charge < -0.3 is 13.7 Å². The second-order valence-corrected chi connectivity index (χ2v) is 0.338. The fourth-order valence-electron chi connectivity index (χ4n) is 0. The Hall–Kier alpha value is 0.751. The summed E-state index contributed by atoms with van der Waals surface area (Å²) in [5.74, 6) is 0. The molecule has 3 nitrogen and oxygen atoms in total. The summed E-state index contributed by atoms with van der Waals surface area (Å²) in [6, 6.07) is 0. The van der Waals surface area contributed by atoms with E-state index in [0.29, 0.717) is 0 Å². The van der Waals surface area contributed by atoms with E-state index in [2.05, 4.69) is 5.73 Å². The zero-order chi connectivity index (χ0) is 3.58. The van der Waals surface area contributed by atoms with E-state index in [1.807, 2.05) is 0 Å². The Morgan fingerprint density at radius 3 is 2.00 bits per heavy atom. The number of primary amides is 1. The number of amides is 1. The van der Waals surface area contributed by atoms with Gasteiger partial charge in [0, 0.05) is 0 Å². The van der Waals surface area contributed by atoms with Crippen molar-refractivity contribution in [2.75, 3.05) is 0 Å². The minimum atomic E-state index is -1.33. The molecule has 0 fully saturated rings. The maximum absolute atomic E-state index is 8.78. The van der Waals surface area contributed by atoms with E-state index in [-0.39, 0.29) is 48.3 Å². The molecule has 0 aromatic carbocycles. The van der Waals surface area contributed by atoms with Crippen LogP contribution in [0, 0.1) is 0 Å². The van der Waals surface area contributed by atoms with Gasteiger partial charge in [0.05, 0.1) is 0 Å². The molecule has 0 aliphatic heterocycles. The molecule has 28 valence electrons. The fourth-order valence-corrected chi connectivity index (χ4v) is 0. The van der Waals surface area contributed by atoms with Gasteiger partial charge in [0.15, 0.2) is 0 Å². The summed E-state index contributed by atoms with van der Waals surface area (Å²) in [6.45, 7) is 0. The molecule has 3 N–H and O–H groups in total. The topological polar surface area (TPSA) is 63.3 Å². The van der Waals surface area contributed by atoms with Gasteiger partial charge in [-0.1, -0.05) is 0 Å². The molecule has 0 spiro atoms. The first kappa shape index (κ1) is 9.23. The Balaban J connectivity index is -0.0000000150. The summed E-state index contributed by atoms with van der Waals surface area (Å²) in [5.41, 5.74) is 4.03. The molecule has 1 amide bonds. The zero-order valence-corrected chi connectivity index (χ0v) is 6.12. The van der Waals surface area contributed by atoms with Gasteiger partial charge >= 0.3 is 51.6 Å². The van der Waals surface area contributed by atoms with Crippen molar-refractivity contribution in [2.24, 2.45) is 5.73 Å². The maximum Gasteiger partial charge on any atom is 2.00 e. The first-order chi connectivity index (χ1) is 1.73. The Bertz CT molecular complexity index is 38.7. The zero-order valence-electron chi connectivity index (χ0n) is 4.64. The van der Waals surface area contributed by atoms with Gasteiger partial charge in [-0.3, -0.25) is 0 Å². The number of rotatable bonds is 0. The van der Waals surface area contributed by atoms with E-state index in [4.69, 9.17) is 9.90 Å². The molecule has 5 heavy (non-hydrogen) atoms. The van der Waals surface area contributed by atoms with Crippen molar-refractivity contribution in [2.45, 2.75) is 0 Å². The van der Waals surface area contributed by atoms with Crippen molar-refractivity contribution in [3.8, 4) is 0 Å². The van der Waals surface area contributed by atoms with Crippen molar-refractivity contribution >= 4 is 51.6 Å². The number of hydrogen-bond acceptors (Lipinski definition) is 1. The van der Waals surface area contributed by atoms with Gasteiger partial charge in [-0.2, -0.15) is 0 Å². The van der Waals surface area contributed by atoms with Crippen LogP contribution in [-0.2, 0) is 0 Å². The van der Waals surface area contributed by atoms with Crippen LogP contribution in [-0.4, -0.2) is 56.7 Å². The minimum Gasteiger partial charge on any atom is -1.00 e. The summed E-state index contributed by atoms with van der Waals surface area (Å²) in [5, 5.41) is 7.19. The predicted molar refractivity (Wildman–Crippen MR) is 20.2 cm³/mol. The molecule has 0 heterocycles. The van der Waals surface area contributed by atoms with Crippen molar-refractivity contribution < 1.29 is 12.8 Å². The second kappa shape index (κ2) is 4.75. The molecule has 0 saturated heterocycles. The van der Waals surface area contributed by atoms with Crippen LogP contribution in [0.5, 0.6) is 0 Å². The van der Waals surface area contributed by atoms with Gasteiger partial charge in [0.1, 0.15) is 0 Å². The molecular formula is CH5NO2Sr. The van der Waals surface area contributed by atoms with E-state index < -0.39 is 6.09 Å². The maximum atomic E-state index is 8.78. The van der Waals surface area contributed by atoms with Gasteiger partial charge in [0.2, 0.25) is 0 Å². The second-order valence-electron chi connectivity index (χ2n) is 0.338. The van der Waals surface area contributed by atoms with E-state index >= 15 is 0 Å². The van der Waals surface area contributed by atoms with Crippen LogP contribution in [0.25, 0.3) is 0 Å². The van der Waals surface area contributed by atoms with Crippen LogP contribution < -0.4 is 5.73 Å². The first-order valence-electron chi connectivity index (χ1n) is 0.716. The molecule has 0 bridgehead atoms. The van der Waals surface area contributed by atoms with E-state index in [9.17, 15) is 0 Å². The molecule has 0 atom stereocenters. The Kier molecular flexibility index (Phi) is 8.77. The molecule has 4 heteroatoms. The molecule has 0 aromatic heterocycles. The molecule has 0 aromatic rings. The van der Waals surface area contributed by atoms with E-state index in [1.165, 1.54) is 0 Å². The van der Waals surface area contributed by atoms with Crippen molar-refractivity contribution in [1.29, 1.82) is 0 Å².